The fourth-order valence-electron chi connectivity index (χ4n) is 1.50. The number of hydrogen-bond donors (Lipinski definition) is 1. The van der Waals surface area contributed by atoms with Gasteiger partial charge in [-0.05, 0) is 19.8 Å². The van der Waals surface area contributed by atoms with E-state index in [2.05, 4.69) is 4.98 Å². The fraction of sp³-hybridized carbons (Fsp3) is 0.625. The lowest BCUT2D eigenvalue weighted by Crippen LogP contribution is -2.11. The van der Waals surface area contributed by atoms with E-state index in [-0.39, 0.29) is 4.87 Å². The van der Waals surface area contributed by atoms with Crippen LogP contribution in [0.2, 0.25) is 0 Å². The van der Waals surface area contributed by atoms with Crippen LogP contribution in [0.3, 0.4) is 0 Å². The van der Waals surface area contributed by atoms with Gasteiger partial charge in [0.15, 0.2) is 0 Å². The molecule has 0 bridgehead atoms. The van der Waals surface area contributed by atoms with E-state index in [0.717, 1.165) is 0 Å². The molecule has 0 amide bonds. The van der Waals surface area contributed by atoms with Gasteiger partial charge in [-0.25, -0.2) is 0 Å². The smallest absolute Gasteiger partial charge is 0.304 e. The van der Waals surface area contributed by atoms with Crippen LogP contribution >= 0.6 is 11.3 Å². The van der Waals surface area contributed by atoms with Crippen molar-refractivity contribution in [3.63, 3.8) is 0 Å². The molecular formula is C8H11NOS. The lowest BCUT2D eigenvalue weighted by Gasteiger charge is -2.24. The molecule has 0 aromatic carbocycles. The van der Waals surface area contributed by atoms with Crippen molar-refractivity contribution >= 4 is 11.3 Å². The van der Waals surface area contributed by atoms with Crippen molar-refractivity contribution in [3.8, 4) is 0 Å². The number of aromatic nitrogens is 1. The number of thiazole rings is 1. The van der Waals surface area contributed by atoms with Crippen LogP contribution in [-0.2, 0) is 0 Å². The first-order valence-corrected chi connectivity index (χ1v) is 4.78. The van der Waals surface area contributed by atoms with Crippen molar-refractivity contribution in [2.45, 2.75) is 32.1 Å². The molecule has 2 nitrogen and oxygen atoms in total. The van der Waals surface area contributed by atoms with Crippen molar-refractivity contribution in [2.24, 2.45) is 0 Å². The van der Waals surface area contributed by atoms with Gasteiger partial charge in [0.1, 0.15) is 0 Å². The Kier molecular flexibility index (Phi) is 1.60. The summed E-state index contributed by atoms with van der Waals surface area (Å²) in [6.07, 6.45) is 3.84. The summed E-state index contributed by atoms with van der Waals surface area (Å²) in [7, 11) is 0. The highest BCUT2D eigenvalue weighted by molar-refractivity contribution is 7.09. The van der Waals surface area contributed by atoms with E-state index in [1.165, 1.54) is 41.2 Å². The molecule has 1 aromatic heterocycles. The Hall–Kier alpha value is -0.570. The summed E-state index contributed by atoms with van der Waals surface area (Å²) in [5, 5.41) is 0. The predicted molar refractivity (Wildman–Crippen MR) is 46.3 cm³/mol. The lowest BCUT2D eigenvalue weighted by atomic mass is 9.83. The minimum atomic E-state index is 0.101. The molecule has 0 saturated heterocycles. The second-order valence-corrected chi connectivity index (χ2v) is 4.30. The number of rotatable bonds is 1. The third kappa shape index (κ3) is 1.13. The molecule has 1 aromatic rings. The van der Waals surface area contributed by atoms with Crippen molar-refractivity contribution in [1.29, 1.82) is 0 Å². The number of nitrogens with one attached hydrogen (secondary N) is 1. The van der Waals surface area contributed by atoms with Crippen LogP contribution in [0.15, 0.2) is 4.79 Å². The SMILES string of the molecule is Cc1sc(=O)[nH]c1C1CCC1. The normalized spacial score (nSPS) is 18.3. The van der Waals surface area contributed by atoms with Crippen LogP contribution in [0.1, 0.15) is 35.8 Å². The molecule has 1 N–H and O–H groups in total. The second-order valence-electron chi connectivity index (χ2n) is 3.11. The van der Waals surface area contributed by atoms with Crippen LogP contribution < -0.4 is 4.87 Å². The average Bonchev–Trinajstić information content (AvgIpc) is 2.07. The molecule has 11 heavy (non-hydrogen) atoms. The molecule has 3 heteroatoms. The molecule has 1 heterocycles. The quantitative estimate of drug-likeness (QED) is 0.685. The molecule has 1 saturated carbocycles. The zero-order valence-electron chi connectivity index (χ0n) is 6.52. The van der Waals surface area contributed by atoms with Gasteiger partial charge in [-0.15, -0.1) is 0 Å². The molecule has 0 aliphatic heterocycles. The van der Waals surface area contributed by atoms with Gasteiger partial charge in [-0.2, -0.15) is 0 Å². The summed E-state index contributed by atoms with van der Waals surface area (Å²) in [4.78, 5) is 15.1. The Morgan fingerprint density at radius 1 is 1.55 bits per heavy atom. The summed E-state index contributed by atoms with van der Waals surface area (Å²) in [6.45, 7) is 2.02. The number of H-pyrrole nitrogens is 1. The van der Waals surface area contributed by atoms with E-state index in [1.807, 2.05) is 6.92 Å². The van der Waals surface area contributed by atoms with Crippen molar-refractivity contribution in [2.75, 3.05) is 0 Å². The molecule has 60 valence electrons. The van der Waals surface area contributed by atoms with Crippen LogP contribution in [0.25, 0.3) is 0 Å². The molecule has 0 unspecified atom stereocenters. The van der Waals surface area contributed by atoms with E-state index in [4.69, 9.17) is 0 Å². The number of aromatic amines is 1. The zero-order chi connectivity index (χ0) is 7.84. The summed E-state index contributed by atoms with van der Waals surface area (Å²) in [5.41, 5.74) is 1.20. The molecule has 0 radical (unpaired) electrons. The van der Waals surface area contributed by atoms with Crippen LogP contribution in [0.4, 0.5) is 0 Å². The van der Waals surface area contributed by atoms with Gasteiger partial charge in [0.2, 0.25) is 0 Å². The maximum Gasteiger partial charge on any atom is 0.304 e. The minimum absolute atomic E-state index is 0.101. The van der Waals surface area contributed by atoms with Crippen molar-refractivity contribution < 1.29 is 0 Å². The summed E-state index contributed by atoms with van der Waals surface area (Å²) in [5.74, 6) is 0.661. The molecular weight excluding hydrogens is 158 g/mol. The third-order valence-corrected chi connectivity index (χ3v) is 3.19. The highest BCUT2D eigenvalue weighted by Gasteiger charge is 2.22. The molecule has 1 aliphatic rings. The zero-order valence-corrected chi connectivity index (χ0v) is 7.33. The van der Waals surface area contributed by atoms with Gasteiger partial charge in [0.05, 0.1) is 0 Å². The minimum Gasteiger partial charge on any atom is -0.316 e. The molecule has 1 aliphatic carbocycles. The fourth-order valence-corrected chi connectivity index (χ4v) is 2.27. The number of hydrogen-bond acceptors (Lipinski definition) is 2. The van der Waals surface area contributed by atoms with Gasteiger partial charge in [0.25, 0.3) is 0 Å². The average molecular weight is 169 g/mol. The Morgan fingerprint density at radius 2 is 2.27 bits per heavy atom. The molecule has 0 spiro atoms. The Labute approximate surface area is 69.3 Å². The van der Waals surface area contributed by atoms with Gasteiger partial charge in [-0.1, -0.05) is 17.8 Å². The summed E-state index contributed by atoms with van der Waals surface area (Å²) in [6, 6.07) is 0. The van der Waals surface area contributed by atoms with E-state index in [9.17, 15) is 4.79 Å². The Balaban J connectivity index is 2.35. The van der Waals surface area contributed by atoms with E-state index < -0.39 is 0 Å². The number of aryl methyl sites for hydroxylation is 1. The standard InChI is InChI=1S/C8H11NOS/c1-5-7(6-3-2-4-6)9-8(10)11-5/h6H,2-4H2,1H3,(H,9,10). The van der Waals surface area contributed by atoms with Crippen molar-refractivity contribution in [3.05, 3.63) is 20.2 Å². The molecule has 0 atom stereocenters. The van der Waals surface area contributed by atoms with E-state index in [1.54, 1.807) is 0 Å². The highest BCUT2D eigenvalue weighted by atomic mass is 32.1. The van der Waals surface area contributed by atoms with Gasteiger partial charge < -0.3 is 4.98 Å². The van der Waals surface area contributed by atoms with Gasteiger partial charge in [0, 0.05) is 16.5 Å². The van der Waals surface area contributed by atoms with E-state index in [0.29, 0.717) is 5.92 Å². The Morgan fingerprint density at radius 3 is 2.64 bits per heavy atom. The maximum atomic E-state index is 10.9. The van der Waals surface area contributed by atoms with Gasteiger partial charge in [-0.3, -0.25) is 4.79 Å². The Bertz CT molecular complexity index is 308. The first-order chi connectivity index (χ1) is 5.27. The van der Waals surface area contributed by atoms with Gasteiger partial charge >= 0.3 is 4.87 Å². The summed E-state index contributed by atoms with van der Waals surface area (Å²) < 4.78 is 0. The largest absolute Gasteiger partial charge is 0.316 e. The molecule has 1 fully saturated rings. The van der Waals surface area contributed by atoms with Crippen molar-refractivity contribution in [1.82, 2.24) is 4.98 Å². The first-order valence-electron chi connectivity index (χ1n) is 3.97. The lowest BCUT2D eigenvalue weighted by molar-refractivity contribution is 0.411. The molecule has 2 rings (SSSR count). The first kappa shape index (κ1) is 7.10. The highest BCUT2D eigenvalue weighted by Crippen LogP contribution is 2.36. The second kappa shape index (κ2) is 2.48. The predicted octanol–water partition coefficient (Wildman–Crippen LogP) is 2.01. The van der Waals surface area contributed by atoms with Crippen LogP contribution in [0.5, 0.6) is 0 Å². The maximum absolute atomic E-state index is 10.9. The summed E-state index contributed by atoms with van der Waals surface area (Å²) >= 11 is 1.34. The van der Waals surface area contributed by atoms with Crippen LogP contribution in [-0.4, -0.2) is 4.98 Å². The van der Waals surface area contributed by atoms with E-state index >= 15 is 0 Å². The topological polar surface area (TPSA) is 32.9 Å². The third-order valence-electron chi connectivity index (χ3n) is 2.38. The van der Waals surface area contributed by atoms with Crippen LogP contribution in [0, 0.1) is 6.92 Å². The monoisotopic (exact) mass is 169 g/mol.